The first kappa shape index (κ1) is 14.7. The highest BCUT2D eigenvalue weighted by atomic mass is 35.5. The first-order chi connectivity index (χ1) is 10.6. The predicted octanol–water partition coefficient (Wildman–Crippen LogP) is 2.74. The van der Waals surface area contributed by atoms with Gasteiger partial charge in [-0.1, -0.05) is 12.1 Å². The number of halogens is 1. The maximum Gasteiger partial charge on any atom is 0.253 e. The molecular formula is C16H15ClN2O3. The zero-order valence-corrected chi connectivity index (χ0v) is 12.8. The monoisotopic (exact) mass is 318 g/mol. The SMILES string of the molecule is CN1C[C@@H](COc2ccc(C(=O)Cl)cn2)Oc2ccccc21. The van der Waals surface area contributed by atoms with Crippen molar-refractivity contribution >= 4 is 22.5 Å². The molecule has 1 atom stereocenters. The lowest BCUT2D eigenvalue weighted by Gasteiger charge is -2.33. The Kier molecular flexibility index (Phi) is 4.15. The fourth-order valence-corrected chi connectivity index (χ4v) is 2.45. The van der Waals surface area contributed by atoms with Crippen molar-refractivity contribution in [2.45, 2.75) is 6.10 Å². The summed E-state index contributed by atoms with van der Waals surface area (Å²) in [7, 11) is 2.02. The summed E-state index contributed by atoms with van der Waals surface area (Å²) in [5.74, 6) is 1.28. The van der Waals surface area contributed by atoms with Crippen molar-refractivity contribution in [3.8, 4) is 11.6 Å². The summed E-state index contributed by atoms with van der Waals surface area (Å²) >= 11 is 5.37. The van der Waals surface area contributed by atoms with Crippen molar-refractivity contribution in [3.63, 3.8) is 0 Å². The normalized spacial score (nSPS) is 16.6. The number of para-hydroxylation sites is 2. The van der Waals surface area contributed by atoms with Crippen molar-refractivity contribution < 1.29 is 14.3 Å². The van der Waals surface area contributed by atoms with Gasteiger partial charge in [-0.2, -0.15) is 0 Å². The Bertz CT molecular complexity index is 675. The maximum absolute atomic E-state index is 11.0. The van der Waals surface area contributed by atoms with Crippen LogP contribution in [0.25, 0.3) is 0 Å². The lowest BCUT2D eigenvalue weighted by molar-refractivity contribution is 0.108. The van der Waals surface area contributed by atoms with Gasteiger partial charge in [0.05, 0.1) is 17.8 Å². The fraction of sp³-hybridized carbons (Fsp3) is 0.250. The number of pyridine rings is 1. The number of nitrogens with zero attached hydrogens (tertiary/aromatic N) is 2. The Morgan fingerprint density at radius 1 is 1.41 bits per heavy atom. The predicted molar refractivity (Wildman–Crippen MR) is 84.0 cm³/mol. The Morgan fingerprint density at radius 2 is 2.23 bits per heavy atom. The molecule has 1 aromatic carbocycles. The van der Waals surface area contributed by atoms with E-state index >= 15 is 0 Å². The van der Waals surface area contributed by atoms with Crippen LogP contribution < -0.4 is 14.4 Å². The molecule has 0 aliphatic carbocycles. The summed E-state index contributed by atoms with van der Waals surface area (Å²) in [6.07, 6.45) is 1.31. The van der Waals surface area contributed by atoms with E-state index in [0.29, 0.717) is 18.1 Å². The standard InChI is InChI=1S/C16H15ClN2O3/c1-19-9-12(22-14-5-3-2-4-13(14)19)10-21-15-7-6-11(8-18-15)16(17)20/h2-8,12H,9-10H2,1H3/t12-/m0/s1. The summed E-state index contributed by atoms with van der Waals surface area (Å²) in [5, 5.41) is -0.534. The number of likely N-dealkylation sites (N-methyl/N-ethyl adjacent to an activating group) is 1. The molecule has 2 aromatic rings. The summed E-state index contributed by atoms with van der Waals surface area (Å²) in [6, 6.07) is 11.1. The molecule has 114 valence electrons. The highest BCUT2D eigenvalue weighted by molar-refractivity contribution is 6.67. The van der Waals surface area contributed by atoms with Crippen molar-refractivity contribution in [1.82, 2.24) is 4.98 Å². The molecule has 5 nitrogen and oxygen atoms in total. The molecule has 0 unspecified atom stereocenters. The molecule has 6 heteroatoms. The third kappa shape index (κ3) is 3.14. The third-order valence-corrected chi connectivity index (χ3v) is 3.65. The van der Waals surface area contributed by atoms with Crippen molar-refractivity contribution in [2.75, 3.05) is 25.1 Å². The molecule has 0 N–H and O–H groups in total. The zero-order chi connectivity index (χ0) is 15.5. The van der Waals surface area contributed by atoms with E-state index in [1.807, 2.05) is 31.3 Å². The van der Waals surface area contributed by atoms with Crippen LogP contribution in [0.1, 0.15) is 10.4 Å². The van der Waals surface area contributed by atoms with Gasteiger partial charge >= 0.3 is 0 Å². The number of carbonyl (C=O) groups is 1. The number of fused-ring (bicyclic) bond motifs is 1. The van der Waals surface area contributed by atoms with Crippen LogP contribution in [0, 0.1) is 0 Å². The summed E-state index contributed by atoms with van der Waals surface area (Å²) < 4.78 is 11.5. The number of hydrogen-bond donors (Lipinski definition) is 0. The summed E-state index contributed by atoms with van der Waals surface area (Å²) in [4.78, 5) is 17.2. The molecule has 0 saturated heterocycles. The van der Waals surface area contributed by atoms with Crippen molar-refractivity contribution in [1.29, 1.82) is 0 Å². The molecule has 1 aliphatic heterocycles. The fourth-order valence-electron chi connectivity index (χ4n) is 2.34. The molecule has 0 amide bonds. The van der Waals surface area contributed by atoms with Crippen LogP contribution in [0.2, 0.25) is 0 Å². The molecular weight excluding hydrogens is 304 g/mol. The van der Waals surface area contributed by atoms with E-state index in [0.717, 1.165) is 18.0 Å². The summed E-state index contributed by atoms with van der Waals surface area (Å²) in [5.41, 5.74) is 1.42. The van der Waals surface area contributed by atoms with E-state index in [-0.39, 0.29) is 6.10 Å². The molecule has 0 spiro atoms. The van der Waals surface area contributed by atoms with Crippen LogP contribution in [0.3, 0.4) is 0 Å². The van der Waals surface area contributed by atoms with Gasteiger partial charge in [-0.25, -0.2) is 4.98 Å². The minimum atomic E-state index is -0.534. The topological polar surface area (TPSA) is 51.7 Å². The van der Waals surface area contributed by atoms with E-state index in [1.54, 1.807) is 12.1 Å². The quantitative estimate of drug-likeness (QED) is 0.811. The third-order valence-electron chi connectivity index (χ3n) is 3.43. The number of aromatic nitrogens is 1. The van der Waals surface area contributed by atoms with Crippen molar-refractivity contribution in [2.24, 2.45) is 0 Å². The number of hydrogen-bond acceptors (Lipinski definition) is 5. The van der Waals surface area contributed by atoms with Gasteiger partial charge in [0, 0.05) is 19.3 Å². The lowest BCUT2D eigenvalue weighted by Crippen LogP contribution is -2.41. The van der Waals surface area contributed by atoms with Gasteiger partial charge in [-0.3, -0.25) is 4.79 Å². The van der Waals surface area contributed by atoms with Gasteiger partial charge in [0.15, 0.2) is 6.10 Å². The van der Waals surface area contributed by atoms with E-state index in [1.165, 1.54) is 6.20 Å². The van der Waals surface area contributed by atoms with Crippen LogP contribution in [-0.2, 0) is 0 Å². The Morgan fingerprint density at radius 3 is 2.95 bits per heavy atom. The minimum Gasteiger partial charge on any atom is -0.483 e. The van der Waals surface area contributed by atoms with Crippen molar-refractivity contribution in [3.05, 3.63) is 48.2 Å². The van der Waals surface area contributed by atoms with E-state index in [2.05, 4.69) is 9.88 Å². The second-order valence-corrected chi connectivity index (χ2v) is 5.40. The highest BCUT2D eigenvalue weighted by Gasteiger charge is 2.23. The number of ether oxygens (including phenoxy) is 2. The van der Waals surface area contributed by atoms with E-state index in [9.17, 15) is 4.79 Å². The molecule has 0 saturated carbocycles. The van der Waals surface area contributed by atoms with Gasteiger partial charge < -0.3 is 14.4 Å². The van der Waals surface area contributed by atoms with Gasteiger partial charge in [-0.05, 0) is 29.8 Å². The minimum absolute atomic E-state index is 0.0870. The first-order valence-corrected chi connectivity index (χ1v) is 7.27. The largest absolute Gasteiger partial charge is 0.483 e. The number of benzene rings is 1. The maximum atomic E-state index is 11.0. The molecule has 3 rings (SSSR count). The number of rotatable bonds is 4. The van der Waals surface area contributed by atoms with E-state index in [4.69, 9.17) is 21.1 Å². The second kappa shape index (κ2) is 6.23. The van der Waals surface area contributed by atoms with Gasteiger partial charge in [0.1, 0.15) is 12.4 Å². The molecule has 0 radical (unpaired) electrons. The smallest absolute Gasteiger partial charge is 0.253 e. The van der Waals surface area contributed by atoms with Gasteiger partial charge in [-0.15, -0.1) is 0 Å². The van der Waals surface area contributed by atoms with Crippen LogP contribution in [0.5, 0.6) is 11.6 Å². The number of carbonyl (C=O) groups excluding carboxylic acids is 1. The number of anilines is 1. The average Bonchev–Trinajstić information content (AvgIpc) is 2.53. The molecule has 1 aliphatic rings. The lowest BCUT2D eigenvalue weighted by atomic mass is 10.2. The Labute approximate surface area is 133 Å². The molecule has 2 heterocycles. The average molecular weight is 319 g/mol. The second-order valence-electron chi connectivity index (χ2n) is 5.06. The van der Waals surface area contributed by atoms with Crippen LogP contribution in [-0.4, -0.2) is 36.5 Å². The van der Waals surface area contributed by atoms with Crippen LogP contribution >= 0.6 is 11.6 Å². The Hall–Kier alpha value is -2.27. The molecule has 22 heavy (non-hydrogen) atoms. The van der Waals surface area contributed by atoms with Gasteiger partial charge in [0.25, 0.3) is 5.24 Å². The molecule has 1 aromatic heterocycles. The van der Waals surface area contributed by atoms with Crippen LogP contribution in [0.15, 0.2) is 42.6 Å². The summed E-state index contributed by atoms with van der Waals surface area (Å²) in [6.45, 7) is 1.11. The van der Waals surface area contributed by atoms with Crippen LogP contribution in [0.4, 0.5) is 5.69 Å². The van der Waals surface area contributed by atoms with Gasteiger partial charge in [0.2, 0.25) is 5.88 Å². The Balaban J connectivity index is 1.62. The zero-order valence-electron chi connectivity index (χ0n) is 12.0. The first-order valence-electron chi connectivity index (χ1n) is 6.89. The molecule has 0 bridgehead atoms. The van der Waals surface area contributed by atoms with E-state index < -0.39 is 5.24 Å². The highest BCUT2D eigenvalue weighted by Crippen LogP contribution is 2.31. The molecule has 0 fully saturated rings.